The molecule has 1 heterocycles. The average Bonchev–Trinajstić information content (AvgIpc) is 2.64. The predicted molar refractivity (Wildman–Crippen MR) is 58.1 cm³/mol. The summed E-state index contributed by atoms with van der Waals surface area (Å²) in [6.07, 6.45) is 2.69. The first-order chi connectivity index (χ1) is 6.83. The van der Waals surface area contributed by atoms with Gasteiger partial charge in [-0.3, -0.25) is 9.67 Å². The van der Waals surface area contributed by atoms with Crippen molar-refractivity contribution in [3.8, 4) is 5.69 Å². The number of rotatable bonds is 2. The number of nitrogens with one attached hydrogen (secondary N) is 1. The molecule has 0 unspecified atom stereocenters. The van der Waals surface area contributed by atoms with Crippen LogP contribution in [0.4, 0.5) is 0 Å². The minimum Gasteiger partial charge on any atom is -0.274 e. The summed E-state index contributed by atoms with van der Waals surface area (Å²) < 4.78 is 2.51. The molecule has 1 N–H and O–H groups in total. The zero-order valence-corrected chi connectivity index (χ0v) is 8.71. The van der Waals surface area contributed by atoms with Crippen molar-refractivity contribution in [2.24, 2.45) is 0 Å². The van der Waals surface area contributed by atoms with Crippen molar-refractivity contribution in [2.75, 3.05) is 0 Å². The van der Waals surface area contributed by atoms with E-state index in [1.165, 1.54) is 5.56 Å². The van der Waals surface area contributed by atoms with Crippen molar-refractivity contribution >= 4 is 12.2 Å². The lowest BCUT2D eigenvalue weighted by atomic mass is 10.1. The Balaban J connectivity index is 2.62. The standard InChI is InChI=1S/C10H11N3S/c1-2-8-5-3-4-6-9(8)13-7-11-12-10(13)14/h3-7H,2H2,1H3,(H,12,14). The minimum atomic E-state index is 0.630. The molecule has 14 heavy (non-hydrogen) atoms. The third kappa shape index (κ3) is 1.48. The Hall–Kier alpha value is -1.42. The topological polar surface area (TPSA) is 33.6 Å². The second kappa shape index (κ2) is 3.75. The third-order valence-electron chi connectivity index (χ3n) is 2.18. The summed E-state index contributed by atoms with van der Waals surface area (Å²) in [6, 6.07) is 8.18. The molecule has 0 bridgehead atoms. The lowest BCUT2D eigenvalue weighted by molar-refractivity contribution is 0.987. The highest BCUT2D eigenvalue weighted by molar-refractivity contribution is 7.71. The summed E-state index contributed by atoms with van der Waals surface area (Å²) in [7, 11) is 0. The Morgan fingerprint density at radius 1 is 1.43 bits per heavy atom. The maximum atomic E-state index is 5.12. The Kier molecular flexibility index (Phi) is 2.45. The fraction of sp³-hybridized carbons (Fsp3) is 0.200. The summed E-state index contributed by atoms with van der Waals surface area (Å²) >= 11 is 5.12. The van der Waals surface area contributed by atoms with Gasteiger partial charge in [0.05, 0.1) is 5.69 Å². The van der Waals surface area contributed by atoms with Crippen molar-refractivity contribution in [3.05, 3.63) is 40.9 Å². The van der Waals surface area contributed by atoms with Crippen LogP contribution in [0.3, 0.4) is 0 Å². The van der Waals surface area contributed by atoms with E-state index in [0.29, 0.717) is 4.77 Å². The van der Waals surface area contributed by atoms with Crippen molar-refractivity contribution < 1.29 is 0 Å². The van der Waals surface area contributed by atoms with Crippen LogP contribution in [0.1, 0.15) is 12.5 Å². The molecule has 1 aromatic carbocycles. The van der Waals surface area contributed by atoms with E-state index in [2.05, 4.69) is 23.2 Å². The molecule has 1 aromatic heterocycles. The molecule has 0 saturated heterocycles. The fourth-order valence-corrected chi connectivity index (χ4v) is 1.66. The number of hydrogen-bond donors (Lipinski definition) is 1. The van der Waals surface area contributed by atoms with Crippen LogP contribution in [-0.4, -0.2) is 14.8 Å². The van der Waals surface area contributed by atoms with Gasteiger partial charge in [-0.05, 0) is 30.3 Å². The number of aromatic nitrogens is 3. The van der Waals surface area contributed by atoms with Gasteiger partial charge in [0, 0.05) is 0 Å². The molecule has 0 aliphatic carbocycles. The average molecular weight is 205 g/mol. The van der Waals surface area contributed by atoms with Gasteiger partial charge in [0.15, 0.2) is 4.77 Å². The number of nitrogens with zero attached hydrogens (tertiary/aromatic N) is 2. The van der Waals surface area contributed by atoms with E-state index >= 15 is 0 Å². The quantitative estimate of drug-likeness (QED) is 0.764. The highest BCUT2D eigenvalue weighted by Crippen LogP contribution is 2.14. The lowest BCUT2D eigenvalue weighted by Gasteiger charge is -2.06. The van der Waals surface area contributed by atoms with Crippen LogP contribution in [0.5, 0.6) is 0 Å². The van der Waals surface area contributed by atoms with Crippen LogP contribution >= 0.6 is 12.2 Å². The molecule has 2 aromatic rings. The molecule has 0 aliphatic rings. The van der Waals surface area contributed by atoms with E-state index in [0.717, 1.165) is 12.1 Å². The molecule has 0 aliphatic heterocycles. The van der Waals surface area contributed by atoms with Crippen LogP contribution < -0.4 is 0 Å². The number of para-hydroxylation sites is 1. The van der Waals surface area contributed by atoms with Crippen LogP contribution in [0, 0.1) is 4.77 Å². The summed E-state index contributed by atoms with van der Waals surface area (Å²) in [5.41, 5.74) is 2.37. The molecule has 0 amide bonds. The van der Waals surface area contributed by atoms with Crippen molar-refractivity contribution in [3.63, 3.8) is 0 Å². The minimum absolute atomic E-state index is 0.630. The second-order valence-electron chi connectivity index (χ2n) is 3.01. The van der Waals surface area contributed by atoms with Gasteiger partial charge in [-0.1, -0.05) is 25.1 Å². The summed E-state index contributed by atoms with van der Waals surface area (Å²) in [5, 5.41) is 6.65. The van der Waals surface area contributed by atoms with Crippen LogP contribution in [0.25, 0.3) is 5.69 Å². The van der Waals surface area contributed by atoms with E-state index in [4.69, 9.17) is 12.2 Å². The number of aromatic amines is 1. The lowest BCUT2D eigenvalue weighted by Crippen LogP contribution is -1.97. The molecule has 3 nitrogen and oxygen atoms in total. The Morgan fingerprint density at radius 2 is 2.21 bits per heavy atom. The zero-order chi connectivity index (χ0) is 9.97. The molecule has 0 spiro atoms. The smallest absolute Gasteiger partial charge is 0.199 e. The van der Waals surface area contributed by atoms with E-state index < -0.39 is 0 Å². The molecule has 0 atom stereocenters. The van der Waals surface area contributed by atoms with Gasteiger partial charge in [0.25, 0.3) is 0 Å². The van der Waals surface area contributed by atoms with Gasteiger partial charge < -0.3 is 0 Å². The SMILES string of the molecule is CCc1ccccc1-n1cn[nH]c1=S. The third-order valence-corrected chi connectivity index (χ3v) is 2.47. The van der Waals surface area contributed by atoms with Gasteiger partial charge in [-0.15, -0.1) is 0 Å². The molecule has 72 valence electrons. The van der Waals surface area contributed by atoms with Crippen molar-refractivity contribution in [1.82, 2.24) is 14.8 Å². The number of benzene rings is 1. The first kappa shape index (κ1) is 9.15. The predicted octanol–water partition coefficient (Wildman–Crippen LogP) is 2.49. The molecule has 0 radical (unpaired) electrons. The zero-order valence-electron chi connectivity index (χ0n) is 7.90. The largest absolute Gasteiger partial charge is 0.274 e. The summed E-state index contributed by atoms with van der Waals surface area (Å²) in [6.45, 7) is 2.13. The van der Waals surface area contributed by atoms with Crippen LogP contribution in [0.15, 0.2) is 30.6 Å². The van der Waals surface area contributed by atoms with E-state index in [-0.39, 0.29) is 0 Å². The first-order valence-corrected chi connectivity index (χ1v) is 4.94. The summed E-state index contributed by atoms with van der Waals surface area (Å²) in [5.74, 6) is 0. The first-order valence-electron chi connectivity index (χ1n) is 4.53. The number of H-pyrrole nitrogens is 1. The van der Waals surface area contributed by atoms with E-state index in [1.54, 1.807) is 6.33 Å². The Morgan fingerprint density at radius 3 is 2.86 bits per heavy atom. The van der Waals surface area contributed by atoms with E-state index in [9.17, 15) is 0 Å². The van der Waals surface area contributed by atoms with Crippen molar-refractivity contribution in [1.29, 1.82) is 0 Å². The van der Waals surface area contributed by atoms with Crippen molar-refractivity contribution in [2.45, 2.75) is 13.3 Å². The molecular formula is C10H11N3S. The molecule has 2 rings (SSSR count). The molecular weight excluding hydrogens is 194 g/mol. The maximum Gasteiger partial charge on any atom is 0.199 e. The van der Waals surface area contributed by atoms with Crippen LogP contribution in [0.2, 0.25) is 0 Å². The van der Waals surface area contributed by atoms with Gasteiger partial charge in [-0.2, -0.15) is 5.10 Å². The number of hydrogen-bond acceptors (Lipinski definition) is 2. The molecule has 0 saturated carbocycles. The monoisotopic (exact) mass is 205 g/mol. The normalized spacial score (nSPS) is 10.4. The number of aryl methyl sites for hydroxylation is 1. The summed E-state index contributed by atoms with van der Waals surface area (Å²) in [4.78, 5) is 0. The van der Waals surface area contributed by atoms with Gasteiger partial charge in [0.1, 0.15) is 6.33 Å². The fourth-order valence-electron chi connectivity index (χ4n) is 1.46. The molecule has 0 fully saturated rings. The van der Waals surface area contributed by atoms with Gasteiger partial charge in [-0.25, -0.2) is 0 Å². The Bertz CT molecular complexity index is 484. The highest BCUT2D eigenvalue weighted by Gasteiger charge is 2.02. The van der Waals surface area contributed by atoms with Gasteiger partial charge >= 0.3 is 0 Å². The van der Waals surface area contributed by atoms with Crippen LogP contribution in [-0.2, 0) is 6.42 Å². The molecule has 4 heteroatoms. The maximum absolute atomic E-state index is 5.12. The van der Waals surface area contributed by atoms with Gasteiger partial charge in [0.2, 0.25) is 0 Å². The van der Waals surface area contributed by atoms with E-state index in [1.807, 2.05) is 22.8 Å². The highest BCUT2D eigenvalue weighted by atomic mass is 32.1. The second-order valence-corrected chi connectivity index (χ2v) is 3.40. The Labute approximate surface area is 87.4 Å².